The highest BCUT2D eigenvalue weighted by molar-refractivity contribution is 5.32. The monoisotopic (exact) mass is 246 g/mol. The van der Waals surface area contributed by atoms with Crippen LogP contribution >= 0.6 is 0 Å². The zero-order valence-corrected chi connectivity index (χ0v) is 11.0. The number of aromatic nitrogens is 3. The second kappa shape index (κ2) is 5.62. The fourth-order valence-corrected chi connectivity index (χ4v) is 1.83. The first-order valence-electron chi connectivity index (χ1n) is 6.13. The first-order chi connectivity index (χ1) is 8.66. The molecule has 0 aliphatic heterocycles. The van der Waals surface area contributed by atoms with Gasteiger partial charge < -0.3 is 9.84 Å². The Balaban J connectivity index is 1.78. The molecule has 0 spiro atoms. The molecule has 2 aromatic rings. The van der Waals surface area contributed by atoms with Crippen LogP contribution in [0.5, 0.6) is 0 Å². The van der Waals surface area contributed by atoms with E-state index in [9.17, 15) is 0 Å². The van der Waals surface area contributed by atoms with Gasteiger partial charge in [-0.15, -0.1) is 5.10 Å². The molecule has 2 aromatic heterocycles. The number of hydrogen-bond donors (Lipinski definition) is 1. The van der Waals surface area contributed by atoms with Gasteiger partial charge in [-0.3, -0.25) is 0 Å². The van der Waals surface area contributed by atoms with E-state index in [0.29, 0.717) is 0 Å². The lowest BCUT2D eigenvalue weighted by atomic mass is 10.1. The minimum absolute atomic E-state index is 0.819. The van der Waals surface area contributed by atoms with Crippen LogP contribution in [0.4, 0.5) is 5.82 Å². The van der Waals surface area contributed by atoms with E-state index >= 15 is 0 Å². The van der Waals surface area contributed by atoms with Crippen molar-refractivity contribution in [1.29, 1.82) is 0 Å². The number of nitrogens with one attached hydrogen (secondary N) is 1. The highest BCUT2D eigenvalue weighted by Gasteiger charge is 2.07. The Labute approximate surface area is 107 Å². The van der Waals surface area contributed by atoms with Crippen molar-refractivity contribution in [2.45, 2.75) is 33.6 Å². The van der Waals surface area contributed by atoms with Gasteiger partial charge in [0.15, 0.2) is 0 Å². The maximum atomic E-state index is 5.13. The largest absolute Gasteiger partial charge is 0.369 e. The lowest BCUT2D eigenvalue weighted by molar-refractivity contribution is 0.392. The van der Waals surface area contributed by atoms with Crippen molar-refractivity contribution in [2.24, 2.45) is 0 Å². The molecule has 96 valence electrons. The van der Waals surface area contributed by atoms with Crippen LogP contribution in [-0.4, -0.2) is 21.9 Å². The van der Waals surface area contributed by atoms with E-state index in [1.807, 2.05) is 32.9 Å². The smallest absolute Gasteiger partial charge is 0.148 e. The van der Waals surface area contributed by atoms with Gasteiger partial charge in [0.25, 0.3) is 0 Å². The maximum Gasteiger partial charge on any atom is 0.148 e. The quantitative estimate of drug-likeness (QED) is 0.821. The standard InChI is InChI=1S/C13H18N4O/c1-9-6-7-13(16-15-9)14-8-4-5-12-10(2)17-18-11(12)3/h6-7H,4-5,8H2,1-3H3,(H,14,16). The molecular formula is C13H18N4O. The van der Waals surface area contributed by atoms with Gasteiger partial charge in [-0.05, 0) is 45.7 Å². The minimum Gasteiger partial charge on any atom is -0.369 e. The molecule has 2 rings (SSSR count). The van der Waals surface area contributed by atoms with Crippen LogP contribution < -0.4 is 5.32 Å². The summed E-state index contributed by atoms with van der Waals surface area (Å²) in [5, 5.41) is 15.2. The van der Waals surface area contributed by atoms with Crippen LogP contribution in [0.2, 0.25) is 0 Å². The topological polar surface area (TPSA) is 63.8 Å². The molecular weight excluding hydrogens is 228 g/mol. The van der Waals surface area contributed by atoms with Crippen LogP contribution in [0.3, 0.4) is 0 Å². The zero-order chi connectivity index (χ0) is 13.0. The van der Waals surface area contributed by atoms with Gasteiger partial charge >= 0.3 is 0 Å². The van der Waals surface area contributed by atoms with Crippen LogP contribution in [-0.2, 0) is 6.42 Å². The molecule has 0 aliphatic carbocycles. The van der Waals surface area contributed by atoms with Crippen molar-refractivity contribution in [3.05, 3.63) is 34.8 Å². The highest BCUT2D eigenvalue weighted by Crippen LogP contribution is 2.14. The predicted octanol–water partition coefficient (Wildman–Crippen LogP) is 2.43. The first kappa shape index (κ1) is 12.5. The van der Waals surface area contributed by atoms with E-state index in [1.54, 1.807) is 0 Å². The average molecular weight is 246 g/mol. The number of nitrogens with zero attached hydrogens (tertiary/aromatic N) is 3. The van der Waals surface area contributed by atoms with Gasteiger partial charge in [0.2, 0.25) is 0 Å². The van der Waals surface area contributed by atoms with Crippen molar-refractivity contribution < 1.29 is 4.52 Å². The van der Waals surface area contributed by atoms with Crippen molar-refractivity contribution in [2.75, 3.05) is 11.9 Å². The molecule has 0 radical (unpaired) electrons. The molecule has 0 fully saturated rings. The van der Waals surface area contributed by atoms with Gasteiger partial charge in [0, 0.05) is 12.1 Å². The Kier molecular flexibility index (Phi) is 3.92. The number of aryl methyl sites for hydroxylation is 3. The summed E-state index contributed by atoms with van der Waals surface area (Å²) in [6.07, 6.45) is 1.98. The molecule has 0 atom stereocenters. The Morgan fingerprint density at radius 2 is 2.00 bits per heavy atom. The lowest BCUT2D eigenvalue weighted by Gasteiger charge is -2.04. The SMILES string of the molecule is Cc1ccc(NCCCc2c(C)noc2C)nn1. The molecule has 0 saturated carbocycles. The third-order valence-corrected chi connectivity index (χ3v) is 2.89. The van der Waals surface area contributed by atoms with Crippen molar-refractivity contribution >= 4 is 5.82 Å². The van der Waals surface area contributed by atoms with Crippen molar-refractivity contribution in [1.82, 2.24) is 15.4 Å². The number of rotatable bonds is 5. The zero-order valence-electron chi connectivity index (χ0n) is 11.0. The third kappa shape index (κ3) is 3.06. The molecule has 0 unspecified atom stereocenters. The summed E-state index contributed by atoms with van der Waals surface area (Å²) in [4.78, 5) is 0. The summed E-state index contributed by atoms with van der Waals surface area (Å²) in [7, 11) is 0. The van der Waals surface area contributed by atoms with Crippen LogP contribution in [0.25, 0.3) is 0 Å². The number of anilines is 1. The van der Waals surface area contributed by atoms with Gasteiger partial charge in [-0.25, -0.2) is 0 Å². The van der Waals surface area contributed by atoms with Crippen molar-refractivity contribution in [3.63, 3.8) is 0 Å². The summed E-state index contributed by atoms with van der Waals surface area (Å²) in [6.45, 7) is 6.72. The second-order valence-corrected chi connectivity index (χ2v) is 4.39. The molecule has 0 bridgehead atoms. The fraction of sp³-hybridized carbons (Fsp3) is 0.462. The summed E-state index contributed by atoms with van der Waals surface area (Å²) in [5.41, 5.74) is 3.13. The average Bonchev–Trinajstić information content (AvgIpc) is 2.68. The Hall–Kier alpha value is -1.91. The fourth-order valence-electron chi connectivity index (χ4n) is 1.83. The molecule has 0 saturated heterocycles. The van der Waals surface area contributed by atoms with Gasteiger partial charge in [0.1, 0.15) is 11.6 Å². The molecule has 0 aromatic carbocycles. The van der Waals surface area contributed by atoms with E-state index in [2.05, 4.69) is 20.7 Å². The van der Waals surface area contributed by atoms with Gasteiger partial charge in [-0.2, -0.15) is 5.10 Å². The molecule has 0 amide bonds. The third-order valence-electron chi connectivity index (χ3n) is 2.89. The lowest BCUT2D eigenvalue weighted by Crippen LogP contribution is -2.06. The first-order valence-corrected chi connectivity index (χ1v) is 6.13. The molecule has 5 heteroatoms. The summed E-state index contributed by atoms with van der Waals surface area (Å²) in [6, 6.07) is 3.89. The predicted molar refractivity (Wildman–Crippen MR) is 69.6 cm³/mol. The molecule has 0 aliphatic rings. The molecule has 2 heterocycles. The van der Waals surface area contributed by atoms with Crippen molar-refractivity contribution in [3.8, 4) is 0 Å². The molecule has 1 N–H and O–H groups in total. The van der Waals surface area contributed by atoms with Gasteiger partial charge in [0.05, 0.1) is 11.4 Å². The minimum atomic E-state index is 0.819. The second-order valence-electron chi connectivity index (χ2n) is 4.39. The van der Waals surface area contributed by atoms with Crippen LogP contribution in [0, 0.1) is 20.8 Å². The summed E-state index contributed by atoms with van der Waals surface area (Å²) >= 11 is 0. The summed E-state index contributed by atoms with van der Waals surface area (Å²) in [5.74, 6) is 1.74. The number of hydrogen-bond acceptors (Lipinski definition) is 5. The Bertz CT molecular complexity index is 485. The Morgan fingerprint density at radius 1 is 1.17 bits per heavy atom. The molecule has 18 heavy (non-hydrogen) atoms. The van der Waals surface area contributed by atoms with Crippen LogP contribution in [0.15, 0.2) is 16.7 Å². The Morgan fingerprint density at radius 3 is 2.61 bits per heavy atom. The van der Waals surface area contributed by atoms with Gasteiger partial charge in [-0.1, -0.05) is 5.16 Å². The van der Waals surface area contributed by atoms with E-state index in [1.165, 1.54) is 5.56 Å². The van der Waals surface area contributed by atoms with E-state index in [0.717, 1.165) is 42.4 Å². The normalized spacial score (nSPS) is 10.6. The maximum absolute atomic E-state index is 5.13. The van der Waals surface area contributed by atoms with E-state index < -0.39 is 0 Å². The molecule has 5 nitrogen and oxygen atoms in total. The van der Waals surface area contributed by atoms with E-state index in [-0.39, 0.29) is 0 Å². The van der Waals surface area contributed by atoms with E-state index in [4.69, 9.17) is 4.52 Å². The summed E-state index contributed by atoms with van der Waals surface area (Å²) < 4.78 is 5.13. The highest BCUT2D eigenvalue weighted by atomic mass is 16.5. The van der Waals surface area contributed by atoms with Crippen LogP contribution in [0.1, 0.15) is 29.1 Å².